The Morgan fingerprint density at radius 1 is 0.944 bits per heavy atom. The summed E-state index contributed by atoms with van der Waals surface area (Å²) in [4.78, 5) is 0. The minimum Gasteiger partial charge on any atom is -0.381 e. The zero-order chi connectivity index (χ0) is 13.1. The predicted molar refractivity (Wildman–Crippen MR) is 78.7 cm³/mol. The molecule has 1 rings (SSSR count). The molecule has 0 spiro atoms. The third kappa shape index (κ3) is 6.75. The fraction of sp³-hybridized carbons (Fsp3) is 1.00. The van der Waals surface area contributed by atoms with Crippen molar-refractivity contribution in [1.82, 2.24) is 0 Å². The molecular weight excluding hydrogens is 222 g/mol. The Balaban J connectivity index is 1.93. The zero-order valence-corrected chi connectivity index (χ0v) is 12.3. The Morgan fingerprint density at radius 2 is 1.61 bits per heavy atom. The second-order valence-corrected chi connectivity index (χ2v) is 5.88. The van der Waals surface area contributed by atoms with Crippen molar-refractivity contribution in [2.45, 2.75) is 71.1 Å². The van der Waals surface area contributed by atoms with Crippen molar-refractivity contribution in [2.24, 2.45) is 17.6 Å². The number of hydrogen-bond donors (Lipinski definition) is 1. The summed E-state index contributed by atoms with van der Waals surface area (Å²) >= 11 is 0. The van der Waals surface area contributed by atoms with Gasteiger partial charge in [0.25, 0.3) is 0 Å². The second kappa shape index (κ2) is 10.8. The van der Waals surface area contributed by atoms with Crippen LogP contribution in [0.2, 0.25) is 0 Å². The van der Waals surface area contributed by atoms with Crippen LogP contribution in [0, 0.1) is 11.8 Å². The molecule has 2 nitrogen and oxygen atoms in total. The molecule has 0 saturated heterocycles. The molecule has 1 fully saturated rings. The Kier molecular flexibility index (Phi) is 9.59. The molecule has 2 atom stereocenters. The quantitative estimate of drug-likeness (QED) is 0.596. The van der Waals surface area contributed by atoms with Crippen LogP contribution in [0.1, 0.15) is 71.1 Å². The van der Waals surface area contributed by atoms with E-state index in [1.165, 1.54) is 64.2 Å². The highest BCUT2D eigenvalue weighted by Crippen LogP contribution is 2.29. The molecule has 108 valence electrons. The summed E-state index contributed by atoms with van der Waals surface area (Å²) in [5.41, 5.74) is 5.84. The van der Waals surface area contributed by atoms with E-state index in [0.29, 0.717) is 0 Å². The van der Waals surface area contributed by atoms with Crippen molar-refractivity contribution in [3.8, 4) is 0 Å². The van der Waals surface area contributed by atoms with Gasteiger partial charge in [0.1, 0.15) is 0 Å². The van der Waals surface area contributed by atoms with E-state index >= 15 is 0 Å². The van der Waals surface area contributed by atoms with Gasteiger partial charge in [-0.1, -0.05) is 51.9 Å². The zero-order valence-electron chi connectivity index (χ0n) is 12.3. The lowest BCUT2D eigenvalue weighted by Crippen LogP contribution is -2.30. The number of nitrogens with two attached hydrogens (primary N) is 1. The molecule has 0 amide bonds. The van der Waals surface area contributed by atoms with Crippen LogP contribution in [0.3, 0.4) is 0 Å². The van der Waals surface area contributed by atoms with Gasteiger partial charge in [-0.2, -0.15) is 0 Å². The first-order valence-electron chi connectivity index (χ1n) is 8.16. The molecule has 2 unspecified atom stereocenters. The maximum absolute atomic E-state index is 5.86. The Morgan fingerprint density at radius 3 is 2.33 bits per heavy atom. The predicted octanol–water partition coefficient (Wildman–Crippen LogP) is 4.13. The number of hydrogen-bond acceptors (Lipinski definition) is 2. The van der Waals surface area contributed by atoms with Crippen LogP contribution in [0.15, 0.2) is 0 Å². The van der Waals surface area contributed by atoms with E-state index in [0.717, 1.165) is 31.6 Å². The van der Waals surface area contributed by atoms with Gasteiger partial charge in [-0.05, 0) is 37.6 Å². The molecule has 2 N–H and O–H groups in total. The van der Waals surface area contributed by atoms with E-state index in [4.69, 9.17) is 10.5 Å². The third-order valence-electron chi connectivity index (χ3n) is 4.34. The highest BCUT2D eigenvalue weighted by Gasteiger charge is 2.23. The van der Waals surface area contributed by atoms with Crippen molar-refractivity contribution in [3.63, 3.8) is 0 Å². The van der Waals surface area contributed by atoms with Crippen LogP contribution in [0.4, 0.5) is 0 Å². The molecule has 0 aliphatic heterocycles. The largest absolute Gasteiger partial charge is 0.381 e. The van der Waals surface area contributed by atoms with Crippen LogP contribution >= 0.6 is 0 Å². The summed E-state index contributed by atoms with van der Waals surface area (Å²) in [6.07, 6.45) is 13.5. The molecule has 0 aromatic rings. The molecule has 2 heteroatoms. The Hall–Kier alpha value is -0.0800. The number of unbranched alkanes of at least 4 members (excludes halogenated alkanes) is 5. The van der Waals surface area contributed by atoms with E-state index in [1.807, 2.05) is 0 Å². The van der Waals surface area contributed by atoms with Crippen LogP contribution in [0.25, 0.3) is 0 Å². The summed E-state index contributed by atoms with van der Waals surface area (Å²) in [7, 11) is 0. The average Bonchev–Trinajstić information content (AvgIpc) is 2.42. The molecule has 0 bridgehead atoms. The van der Waals surface area contributed by atoms with Gasteiger partial charge in [0.2, 0.25) is 0 Å². The number of rotatable bonds is 10. The second-order valence-electron chi connectivity index (χ2n) is 5.88. The normalized spacial score (nSPS) is 24.3. The van der Waals surface area contributed by atoms with Crippen LogP contribution in [-0.2, 0) is 4.74 Å². The van der Waals surface area contributed by atoms with Crippen LogP contribution in [0.5, 0.6) is 0 Å². The van der Waals surface area contributed by atoms with Gasteiger partial charge in [0.15, 0.2) is 0 Å². The van der Waals surface area contributed by atoms with Crippen molar-refractivity contribution in [1.29, 1.82) is 0 Å². The van der Waals surface area contributed by atoms with Crippen molar-refractivity contribution in [2.75, 3.05) is 19.8 Å². The van der Waals surface area contributed by atoms with Crippen molar-refractivity contribution < 1.29 is 4.74 Å². The monoisotopic (exact) mass is 255 g/mol. The molecule has 0 aromatic carbocycles. The maximum Gasteiger partial charge on any atom is 0.0497 e. The van der Waals surface area contributed by atoms with Crippen LogP contribution < -0.4 is 5.73 Å². The molecule has 18 heavy (non-hydrogen) atoms. The first kappa shape index (κ1) is 16.0. The van der Waals surface area contributed by atoms with Crippen molar-refractivity contribution >= 4 is 0 Å². The summed E-state index contributed by atoms with van der Waals surface area (Å²) < 4.78 is 5.86. The lowest BCUT2D eigenvalue weighted by atomic mass is 9.80. The Bertz CT molecular complexity index is 184. The summed E-state index contributed by atoms with van der Waals surface area (Å²) in [5.74, 6) is 1.46. The smallest absolute Gasteiger partial charge is 0.0497 e. The highest BCUT2D eigenvalue weighted by molar-refractivity contribution is 4.75. The summed E-state index contributed by atoms with van der Waals surface area (Å²) in [6.45, 7) is 5.03. The number of ether oxygens (including phenoxy) is 1. The topological polar surface area (TPSA) is 35.2 Å². The molecule has 0 heterocycles. The fourth-order valence-electron chi connectivity index (χ4n) is 3.03. The molecular formula is C16H33NO. The van der Waals surface area contributed by atoms with Gasteiger partial charge in [-0.25, -0.2) is 0 Å². The first-order chi connectivity index (χ1) is 8.88. The summed E-state index contributed by atoms with van der Waals surface area (Å²) in [5, 5.41) is 0. The van der Waals surface area contributed by atoms with E-state index in [9.17, 15) is 0 Å². The van der Waals surface area contributed by atoms with E-state index in [2.05, 4.69) is 6.92 Å². The maximum atomic E-state index is 5.86. The molecule has 0 aromatic heterocycles. The Labute approximate surface area is 114 Å². The third-order valence-corrected chi connectivity index (χ3v) is 4.34. The lowest BCUT2D eigenvalue weighted by molar-refractivity contribution is 0.0589. The molecule has 1 aliphatic rings. The van der Waals surface area contributed by atoms with E-state index < -0.39 is 0 Å². The van der Waals surface area contributed by atoms with E-state index in [1.54, 1.807) is 0 Å². The SMILES string of the molecule is CCCCCCCCOCC1CCCCC1CN. The minimum absolute atomic E-state index is 0.725. The van der Waals surface area contributed by atoms with Gasteiger partial charge in [-0.15, -0.1) is 0 Å². The highest BCUT2D eigenvalue weighted by atomic mass is 16.5. The standard InChI is InChI=1S/C16H33NO/c1-2-3-4-5-6-9-12-18-14-16-11-8-7-10-15(16)13-17/h15-16H,2-14,17H2,1H3. The molecule has 1 saturated carbocycles. The fourth-order valence-corrected chi connectivity index (χ4v) is 3.03. The molecule has 1 aliphatic carbocycles. The van der Waals surface area contributed by atoms with E-state index in [-0.39, 0.29) is 0 Å². The van der Waals surface area contributed by atoms with Gasteiger partial charge in [-0.3, -0.25) is 0 Å². The minimum atomic E-state index is 0.725. The van der Waals surface area contributed by atoms with Crippen LogP contribution in [-0.4, -0.2) is 19.8 Å². The molecule has 0 radical (unpaired) electrons. The van der Waals surface area contributed by atoms with Gasteiger partial charge in [0, 0.05) is 13.2 Å². The lowest BCUT2D eigenvalue weighted by Gasteiger charge is -2.30. The summed E-state index contributed by atoms with van der Waals surface area (Å²) in [6, 6.07) is 0. The van der Waals surface area contributed by atoms with Gasteiger partial charge in [0.05, 0.1) is 0 Å². The average molecular weight is 255 g/mol. The first-order valence-corrected chi connectivity index (χ1v) is 8.16. The van der Waals surface area contributed by atoms with Gasteiger partial charge < -0.3 is 10.5 Å². The van der Waals surface area contributed by atoms with Crippen molar-refractivity contribution in [3.05, 3.63) is 0 Å². The van der Waals surface area contributed by atoms with Gasteiger partial charge >= 0.3 is 0 Å².